The van der Waals surface area contributed by atoms with Crippen LogP contribution in [0.4, 0.5) is 20.2 Å². The predicted molar refractivity (Wildman–Crippen MR) is 96.8 cm³/mol. The number of nitro groups is 1. The van der Waals surface area contributed by atoms with Gasteiger partial charge in [0, 0.05) is 44.0 Å². The van der Waals surface area contributed by atoms with Crippen LogP contribution in [0, 0.1) is 10.1 Å². The molecule has 2 aromatic rings. The van der Waals surface area contributed by atoms with Gasteiger partial charge in [-0.1, -0.05) is 6.07 Å². The molecule has 7 nitrogen and oxygen atoms in total. The number of alkyl halides is 2. The number of hydrogen-bond acceptors (Lipinski definition) is 6. The molecule has 0 radical (unpaired) electrons. The van der Waals surface area contributed by atoms with Gasteiger partial charge >= 0.3 is 12.3 Å². The van der Waals surface area contributed by atoms with Crippen molar-refractivity contribution in [3.63, 3.8) is 0 Å². The van der Waals surface area contributed by atoms with Gasteiger partial charge in [0.1, 0.15) is 0 Å². The summed E-state index contributed by atoms with van der Waals surface area (Å²) in [5.74, 6) is -0.500. The number of ether oxygens (including phenoxy) is 1. The van der Waals surface area contributed by atoms with Gasteiger partial charge in [-0.25, -0.2) is 0 Å². The van der Waals surface area contributed by atoms with E-state index >= 15 is 0 Å². The fraction of sp³-hybridized carbons (Fsp3) is 0.353. The lowest BCUT2D eigenvalue weighted by molar-refractivity contribution is -0.386. The van der Waals surface area contributed by atoms with Gasteiger partial charge in [0.2, 0.25) is 5.75 Å². The average Bonchev–Trinajstić information content (AvgIpc) is 3.05. The van der Waals surface area contributed by atoms with E-state index in [1.165, 1.54) is 23.5 Å². The standard InChI is InChI=1S/C17H17F2N3O4S/c18-17(19)26-14-11-12(4-5-13(14)22(24)25)20-6-2-7-21(9-8-20)16(23)15-3-1-10-27-15/h1,3-5,10-11,17H,2,6-9H2. The van der Waals surface area contributed by atoms with Crippen LogP contribution in [0.1, 0.15) is 16.1 Å². The second-order valence-electron chi connectivity index (χ2n) is 5.90. The number of hydrogen-bond donors (Lipinski definition) is 0. The van der Waals surface area contributed by atoms with Crippen molar-refractivity contribution in [2.45, 2.75) is 13.0 Å². The molecule has 0 saturated carbocycles. The molecule has 0 atom stereocenters. The van der Waals surface area contributed by atoms with Gasteiger partial charge in [0.05, 0.1) is 9.80 Å². The van der Waals surface area contributed by atoms with Crippen LogP contribution >= 0.6 is 11.3 Å². The molecule has 144 valence electrons. The number of anilines is 1. The van der Waals surface area contributed by atoms with E-state index in [0.29, 0.717) is 43.2 Å². The third-order valence-corrected chi connectivity index (χ3v) is 5.09. The highest BCUT2D eigenvalue weighted by molar-refractivity contribution is 7.12. The van der Waals surface area contributed by atoms with Crippen LogP contribution in [-0.4, -0.2) is 48.5 Å². The van der Waals surface area contributed by atoms with Gasteiger partial charge < -0.3 is 14.5 Å². The maximum Gasteiger partial charge on any atom is 0.387 e. The molecular weight excluding hydrogens is 380 g/mol. The second kappa shape index (κ2) is 8.30. The number of benzene rings is 1. The Morgan fingerprint density at radius 3 is 2.70 bits per heavy atom. The van der Waals surface area contributed by atoms with E-state index in [2.05, 4.69) is 4.74 Å². The van der Waals surface area contributed by atoms with Gasteiger partial charge in [-0.2, -0.15) is 8.78 Å². The molecule has 1 aliphatic rings. The number of carbonyl (C=O) groups excluding carboxylic acids is 1. The Hall–Kier alpha value is -2.75. The average molecular weight is 397 g/mol. The molecule has 0 aliphatic carbocycles. The Kier molecular flexibility index (Phi) is 5.84. The molecule has 0 unspecified atom stereocenters. The second-order valence-corrected chi connectivity index (χ2v) is 6.85. The summed E-state index contributed by atoms with van der Waals surface area (Å²) in [5, 5.41) is 12.8. The van der Waals surface area contributed by atoms with Gasteiger partial charge in [-0.05, 0) is 23.9 Å². The summed E-state index contributed by atoms with van der Waals surface area (Å²) in [5.41, 5.74) is 0.0324. The molecule has 10 heteroatoms. The SMILES string of the molecule is O=C(c1cccs1)N1CCCN(c2ccc([N+](=O)[O-])c(OC(F)F)c2)CC1. The number of nitrogens with zero attached hydrogens (tertiary/aromatic N) is 3. The maximum atomic E-state index is 12.6. The van der Waals surface area contributed by atoms with Gasteiger partial charge in [0.25, 0.3) is 5.91 Å². The Morgan fingerprint density at radius 1 is 1.22 bits per heavy atom. The van der Waals surface area contributed by atoms with Crippen LogP contribution in [-0.2, 0) is 0 Å². The fourth-order valence-electron chi connectivity index (χ4n) is 2.98. The molecule has 1 aromatic carbocycles. The summed E-state index contributed by atoms with van der Waals surface area (Å²) in [7, 11) is 0. The monoisotopic (exact) mass is 397 g/mol. The molecule has 0 bridgehead atoms. The first-order chi connectivity index (χ1) is 13.0. The Labute approximate surface area is 157 Å². The lowest BCUT2D eigenvalue weighted by Crippen LogP contribution is -2.34. The Morgan fingerprint density at radius 2 is 2.04 bits per heavy atom. The van der Waals surface area contributed by atoms with E-state index in [4.69, 9.17) is 0 Å². The van der Waals surface area contributed by atoms with E-state index < -0.39 is 23.0 Å². The van der Waals surface area contributed by atoms with E-state index in [1.807, 2.05) is 16.3 Å². The highest BCUT2D eigenvalue weighted by Crippen LogP contribution is 2.33. The minimum atomic E-state index is -3.15. The van der Waals surface area contributed by atoms with Crippen molar-refractivity contribution in [1.82, 2.24) is 4.90 Å². The van der Waals surface area contributed by atoms with E-state index in [1.54, 1.807) is 11.0 Å². The normalized spacial score (nSPS) is 14.9. The smallest absolute Gasteiger partial charge is 0.387 e. The van der Waals surface area contributed by atoms with E-state index in [9.17, 15) is 23.7 Å². The van der Waals surface area contributed by atoms with Crippen LogP contribution in [0.2, 0.25) is 0 Å². The molecule has 3 rings (SSSR count). The Balaban J connectivity index is 1.75. The molecule has 1 fully saturated rings. The zero-order chi connectivity index (χ0) is 19.4. The third kappa shape index (κ3) is 4.51. The largest absolute Gasteiger partial charge is 0.427 e. The van der Waals surface area contributed by atoms with Crippen molar-refractivity contribution in [1.29, 1.82) is 0 Å². The molecule has 0 spiro atoms. The summed E-state index contributed by atoms with van der Waals surface area (Å²) in [6.45, 7) is -1.01. The molecule has 2 heterocycles. The zero-order valence-corrected chi connectivity index (χ0v) is 15.0. The molecule has 0 N–H and O–H groups in total. The minimum Gasteiger partial charge on any atom is -0.427 e. The van der Waals surface area contributed by atoms with Crippen molar-refractivity contribution < 1.29 is 23.2 Å². The molecule has 1 saturated heterocycles. The van der Waals surface area contributed by atoms with Crippen molar-refractivity contribution >= 4 is 28.6 Å². The number of amides is 1. The predicted octanol–water partition coefficient (Wildman–Crippen LogP) is 3.61. The fourth-order valence-corrected chi connectivity index (χ4v) is 3.67. The van der Waals surface area contributed by atoms with Gasteiger partial charge in [-0.15, -0.1) is 11.3 Å². The van der Waals surface area contributed by atoms with Crippen molar-refractivity contribution in [2.24, 2.45) is 0 Å². The minimum absolute atomic E-state index is 0.0303. The highest BCUT2D eigenvalue weighted by Gasteiger charge is 2.24. The van der Waals surface area contributed by atoms with E-state index in [-0.39, 0.29) is 5.91 Å². The van der Waals surface area contributed by atoms with Gasteiger partial charge in [-0.3, -0.25) is 14.9 Å². The number of rotatable bonds is 5. The topological polar surface area (TPSA) is 75.9 Å². The first kappa shape index (κ1) is 19.0. The zero-order valence-electron chi connectivity index (χ0n) is 14.2. The molecule has 1 amide bonds. The first-order valence-corrected chi connectivity index (χ1v) is 9.14. The summed E-state index contributed by atoms with van der Waals surface area (Å²) >= 11 is 1.38. The number of thiophene rings is 1. The van der Waals surface area contributed by atoms with Crippen LogP contribution in [0.25, 0.3) is 0 Å². The highest BCUT2D eigenvalue weighted by atomic mass is 32.1. The molecule has 27 heavy (non-hydrogen) atoms. The summed E-state index contributed by atoms with van der Waals surface area (Å²) < 4.78 is 29.5. The number of nitro benzene ring substituents is 1. The maximum absolute atomic E-state index is 12.6. The van der Waals surface area contributed by atoms with Crippen molar-refractivity contribution in [2.75, 3.05) is 31.1 Å². The number of halogens is 2. The first-order valence-electron chi connectivity index (χ1n) is 8.26. The summed E-state index contributed by atoms with van der Waals surface area (Å²) in [6.07, 6.45) is 0.694. The molecule has 1 aliphatic heterocycles. The quantitative estimate of drug-likeness (QED) is 0.569. The molecular formula is C17H17F2N3O4S. The summed E-state index contributed by atoms with van der Waals surface area (Å²) in [4.78, 5) is 27.1. The lowest BCUT2D eigenvalue weighted by Gasteiger charge is -2.24. The lowest BCUT2D eigenvalue weighted by atomic mass is 10.2. The van der Waals surface area contributed by atoms with Crippen LogP contribution < -0.4 is 9.64 Å². The van der Waals surface area contributed by atoms with Crippen molar-refractivity contribution in [3.8, 4) is 5.75 Å². The van der Waals surface area contributed by atoms with Crippen LogP contribution in [0.3, 0.4) is 0 Å². The van der Waals surface area contributed by atoms with Crippen LogP contribution in [0.15, 0.2) is 35.7 Å². The third-order valence-electron chi connectivity index (χ3n) is 4.24. The van der Waals surface area contributed by atoms with E-state index in [0.717, 1.165) is 6.07 Å². The van der Waals surface area contributed by atoms with Gasteiger partial charge in [0.15, 0.2) is 0 Å². The number of carbonyl (C=O) groups is 1. The van der Waals surface area contributed by atoms with Crippen molar-refractivity contribution in [3.05, 3.63) is 50.7 Å². The molecule has 1 aromatic heterocycles. The Bertz CT molecular complexity index is 817. The summed E-state index contributed by atoms with van der Waals surface area (Å²) in [6, 6.07) is 7.52. The van der Waals surface area contributed by atoms with Crippen LogP contribution in [0.5, 0.6) is 5.75 Å².